The molecule has 1 fully saturated rings. The van der Waals surface area contributed by atoms with Gasteiger partial charge in [0.25, 0.3) is 0 Å². The molecule has 90 valence electrons. The summed E-state index contributed by atoms with van der Waals surface area (Å²) < 4.78 is 0. The highest BCUT2D eigenvalue weighted by Crippen LogP contribution is 2.43. The smallest absolute Gasteiger partial charge is 0.0285 e. The Hall–Kier alpha value is -1.89. The zero-order valence-corrected chi connectivity index (χ0v) is 10.3. The van der Waals surface area contributed by atoms with Crippen molar-refractivity contribution in [3.8, 4) is 0 Å². The average Bonchev–Trinajstić information content (AvgIpc) is 2.83. The summed E-state index contributed by atoms with van der Waals surface area (Å²) in [6, 6.07) is 21.1. The van der Waals surface area contributed by atoms with E-state index in [0.717, 1.165) is 18.6 Å². The lowest BCUT2D eigenvalue weighted by molar-refractivity contribution is 0.667. The maximum atomic E-state index is 8.22. The van der Waals surface area contributed by atoms with E-state index in [1.807, 2.05) is 6.07 Å². The Bertz CT molecular complexity index is 530. The molecule has 0 radical (unpaired) electrons. The largest absolute Gasteiger partial charge is 0.309 e. The molecule has 1 aliphatic rings. The SMILES string of the molecule is N=C1CCC(c2ccccc2)C1c1ccccc1. The van der Waals surface area contributed by atoms with Gasteiger partial charge in [0.2, 0.25) is 0 Å². The summed E-state index contributed by atoms with van der Waals surface area (Å²) in [6.45, 7) is 0. The molecule has 0 aliphatic heterocycles. The minimum atomic E-state index is 0.272. The second-order valence-corrected chi connectivity index (χ2v) is 4.97. The Morgan fingerprint density at radius 3 is 1.94 bits per heavy atom. The molecule has 0 saturated heterocycles. The lowest BCUT2D eigenvalue weighted by Crippen LogP contribution is -2.10. The van der Waals surface area contributed by atoms with E-state index in [-0.39, 0.29) is 5.92 Å². The third-order valence-electron chi connectivity index (χ3n) is 3.89. The predicted molar refractivity (Wildman–Crippen MR) is 75.3 cm³/mol. The summed E-state index contributed by atoms with van der Waals surface area (Å²) >= 11 is 0. The first-order valence-corrected chi connectivity index (χ1v) is 6.53. The first-order valence-electron chi connectivity index (χ1n) is 6.53. The van der Waals surface area contributed by atoms with Crippen molar-refractivity contribution in [2.45, 2.75) is 24.7 Å². The molecule has 2 aromatic rings. The Morgan fingerprint density at radius 1 is 0.778 bits per heavy atom. The molecule has 2 atom stereocenters. The summed E-state index contributed by atoms with van der Waals surface area (Å²) in [5.41, 5.74) is 3.54. The highest BCUT2D eigenvalue weighted by molar-refractivity contribution is 5.91. The van der Waals surface area contributed by atoms with E-state index in [0.29, 0.717) is 5.92 Å². The van der Waals surface area contributed by atoms with E-state index in [2.05, 4.69) is 54.6 Å². The van der Waals surface area contributed by atoms with Crippen molar-refractivity contribution in [2.75, 3.05) is 0 Å². The topological polar surface area (TPSA) is 23.9 Å². The summed E-state index contributed by atoms with van der Waals surface area (Å²) in [4.78, 5) is 0. The molecule has 1 N–H and O–H groups in total. The van der Waals surface area contributed by atoms with E-state index in [1.54, 1.807) is 0 Å². The molecule has 18 heavy (non-hydrogen) atoms. The van der Waals surface area contributed by atoms with Crippen molar-refractivity contribution < 1.29 is 0 Å². The Kier molecular flexibility index (Phi) is 2.97. The third-order valence-corrected chi connectivity index (χ3v) is 3.89. The highest BCUT2D eigenvalue weighted by Gasteiger charge is 2.33. The number of hydrogen-bond acceptors (Lipinski definition) is 1. The zero-order chi connectivity index (χ0) is 12.4. The maximum Gasteiger partial charge on any atom is 0.0285 e. The molecule has 2 aromatic carbocycles. The van der Waals surface area contributed by atoms with Gasteiger partial charge < -0.3 is 5.41 Å². The molecule has 1 nitrogen and oxygen atoms in total. The van der Waals surface area contributed by atoms with Gasteiger partial charge in [0.15, 0.2) is 0 Å². The second-order valence-electron chi connectivity index (χ2n) is 4.97. The third kappa shape index (κ3) is 1.97. The Balaban J connectivity index is 1.98. The molecule has 2 unspecified atom stereocenters. The molecular formula is C17H17N. The van der Waals surface area contributed by atoms with Crippen LogP contribution in [0.3, 0.4) is 0 Å². The van der Waals surface area contributed by atoms with Crippen molar-refractivity contribution >= 4 is 5.71 Å². The van der Waals surface area contributed by atoms with E-state index < -0.39 is 0 Å². The van der Waals surface area contributed by atoms with E-state index in [9.17, 15) is 0 Å². The van der Waals surface area contributed by atoms with Crippen LogP contribution in [0.4, 0.5) is 0 Å². The van der Waals surface area contributed by atoms with Crippen molar-refractivity contribution in [1.82, 2.24) is 0 Å². The minimum Gasteiger partial charge on any atom is -0.309 e. The van der Waals surface area contributed by atoms with E-state index >= 15 is 0 Å². The van der Waals surface area contributed by atoms with Gasteiger partial charge in [-0.05, 0) is 29.9 Å². The molecular weight excluding hydrogens is 218 g/mol. The summed E-state index contributed by atoms with van der Waals surface area (Å²) in [7, 11) is 0. The monoisotopic (exact) mass is 235 g/mol. The van der Waals surface area contributed by atoms with Gasteiger partial charge in [0, 0.05) is 11.6 Å². The molecule has 0 aromatic heterocycles. The van der Waals surface area contributed by atoms with Gasteiger partial charge >= 0.3 is 0 Å². The van der Waals surface area contributed by atoms with E-state index in [4.69, 9.17) is 5.41 Å². The van der Waals surface area contributed by atoms with Gasteiger partial charge in [-0.15, -0.1) is 0 Å². The van der Waals surface area contributed by atoms with Crippen LogP contribution in [0.5, 0.6) is 0 Å². The lowest BCUT2D eigenvalue weighted by Gasteiger charge is -2.20. The highest BCUT2D eigenvalue weighted by atomic mass is 14.5. The molecule has 0 spiro atoms. The fraction of sp³-hybridized carbons (Fsp3) is 0.235. The standard InChI is InChI=1S/C17H17N/c18-16-12-11-15(13-7-3-1-4-8-13)17(16)14-9-5-2-6-10-14/h1-10,15,17-18H,11-12H2. The summed E-state index contributed by atoms with van der Waals surface area (Å²) in [6.07, 6.45) is 2.03. The molecule has 1 aliphatic carbocycles. The fourth-order valence-electron chi connectivity index (χ4n) is 3.03. The number of rotatable bonds is 2. The van der Waals surface area contributed by atoms with Crippen LogP contribution in [0.15, 0.2) is 60.7 Å². The van der Waals surface area contributed by atoms with E-state index in [1.165, 1.54) is 11.1 Å². The van der Waals surface area contributed by atoms with Crippen LogP contribution in [0.2, 0.25) is 0 Å². The molecule has 0 heterocycles. The quantitative estimate of drug-likeness (QED) is 0.799. The van der Waals surface area contributed by atoms with Crippen LogP contribution in [0.25, 0.3) is 0 Å². The van der Waals surface area contributed by atoms with Crippen LogP contribution < -0.4 is 0 Å². The lowest BCUT2D eigenvalue weighted by atomic mass is 9.83. The van der Waals surface area contributed by atoms with Gasteiger partial charge in [-0.3, -0.25) is 0 Å². The fourth-order valence-corrected chi connectivity index (χ4v) is 3.03. The van der Waals surface area contributed by atoms with Gasteiger partial charge in [0.1, 0.15) is 0 Å². The normalized spacial score (nSPS) is 23.2. The average molecular weight is 235 g/mol. The molecule has 1 heteroatoms. The second kappa shape index (κ2) is 4.77. The minimum absolute atomic E-state index is 0.272. The van der Waals surface area contributed by atoms with Crippen molar-refractivity contribution in [1.29, 1.82) is 5.41 Å². The van der Waals surface area contributed by atoms with Crippen molar-refractivity contribution in [3.05, 3.63) is 71.8 Å². The van der Waals surface area contributed by atoms with Crippen LogP contribution in [-0.4, -0.2) is 5.71 Å². The van der Waals surface area contributed by atoms with Gasteiger partial charge in [-0.25, -0.2) is 0 Å². The number of hydrogen-bond donors (Lipinski definition) is 1. The summed E-state index contributed by atoms with van der Waals surface area (Å²) in [5, 5.41) is 8.22. The zero-order valence-electron chi connectivity index (χ0n) is 10.3. The summed E-state index contributed by atoms with van der Waals surface area (Å²) in [5.74, 6) is 0.745. The maximum absolute atomic E-state index is 8.22. The van der Waals surface area contributed by atoms with Crippen LogP contribution in [-0.2, 0) is 0 Å². The predicted octanol–water partition coefficient (Wildman–Crippen LogP) is 4.37. The molecule has 0 amide bonds. The molecule has 0 bridgehead atoms. The molecule has 1 saturated carbocycles. The number of nitrogens with one attached hydrogen (secondary N) is 1. The van der Waals surface area contributed by atoms with Gasteiger partial charge in [-0.1, -0.05) is 60.7 Å². The van der Waals surface area contributed by atoms with Gasteiger partial charge in [0.05, 0.1) is 0 Å². The van der Waals surface area contributed by atoms with Crippen molar-refractivity contribution in [3.63, 3.8) is 0 Å². The molecule has 3 rings (SSSR count). The Morgan fingerprint density at radius 2 is 1.33 bits per heavy atom. The first-order chi connectivity index (χ1) is 8.86. The van der Waals surface area contributed by atoms with Crippen LogP contribution in [0, 0.1) is 5.41 Å². The first kappa shape index (κ1) is 11.2. The Labute approximate surface area is 108 Å². The number of benzene rings is 2. The van der Waals surface area contributed by atoms with Crippen LogP contribution >= 0.6 is 0 Å². The van der Waals surface area contributed by atoms with Gasteiger partial charge in [-0.2, -0.15) is 0 Å². The van der Waals surface area contributed by atoms with Crippen molar-refractivity contribution in [2.24, 2.45) is 0 Å². The van der Waals surface area contributed by atoms with Crippen LogP contribution in [0.1, 0.15) is 35.8 Å².